The first kappa shape index (κ1) is 27.2. The predicted octanol–water partition coefficient (Wildman–Crippen LogP) is 14.2. The largest absolute Gasteiger partial charge is 0.0696 e. The molecule has 0 atom stereocenters. The Hall–Kier alpha value is -6.68. The second-order valence-corrected chi connectivity index (χ2v) is 14.2. The van der Waals surface area contributed by atoms with Crippen molar-refractivity contribution in [3.05, 3.63) is 174 Å². The SMILES string of the molecule is Cc1ccccc1-c1c2cc3c(cc2c(C2=C=C=CC=C2)c2c4cc5ccccc5c5cccc(c12)c54)c1cc2ccccc2c2cccc3c21. The molecule has 11 aromatic rings. The molecule has 0 bridgehead atoms. The molecule has 0 fully saturated rings. The molecule has 0 amide bonds. The summed E-state index contributed by atoms with van der Waals surface area (Å²) in [5.74, 6) is 0. The van der Waals surface area contributed by atoms with Gasteiger partial charge in [0.05, 0.1) is 0 Å². The Labute approximate surface area is 293 Å². The third-order valence-electron chi connectivity index (χ3n) is 11.7. The molecule has 0 heteroatoms. The van der Waals surface area contributed by atoms with Crippen LogP contribution in [0.25, 0.3) is 114 Å². The highest BCUT2D eigenvalue weighted by molar-refractivity contribution is 6.43. The Kier molecular flexibility index (Phi) is 5.18. The minimum atomic E-state index is 1.07. The molecule has 0 nitrogen and oxygen atoms in total. The minimum absolute atomic E-state index is 1.07. The van der Waals surface area contributed by atoms with Crippen molar-refractivity contribution in [1.29, 1.82) is 0 Å². The summed E-state index contributed by atoms with van der Waals surface area (Å²) < 4.78 is 0. The van der Waals surface area contributed by atoms with Gasteiger partial charge in [-0.3, -0.25) is 0 Å². The van der Waals surface area contributed by atoms with Crippen molar-refractivity contribution in [2.45, 2.75) is 6.92 Å². The molecule has 0 unspecified atom stereocenters. The molecular formula is C51H28. The van der Waals surface area contributed by atoms with Crippen molar-refractivity contribution in [2.75, 3.05) is 0 Å². The van der Waals surface area contributed by atoms with E-state index in [-0.39, 0.29) is 0 Å². The van der Waals surface area contributed by atoms with Crippen molar-refractivity contribution in [2.24, 2.45) is 0 Å². The summed E-state index contributed by atoms with van der Waals surface area (Å²) in [4.78, 5) is 0. The van der Waals surface area contributed by atoms with E-state index in [0.29, 0.717) is 0 Å². The molecule has 1 aliphatic rings. The highest BCUT2D eigenvalue weighted by atomic mass is 14.3. The number of benzene rings is 9. The van der Waals surface area contributed by atoms with Crippen LogP contribution in [0.3, 0.4) is 0 Å². The standard InChI is InChI=1S/C51H28/c1-29-13-5-8-18-33(29)49-44-27-40-38-23-11-21-36-34-19-9-6-16-31(34)25-42(47(36)38)41(40)28-43(44)46(30-14-3-2-4-15-30)51-45-26-32-17-7-10-20-35(32)37-22-12-24-39(48(37)45)50(49)51/h2-3,5-14,16-28H,1H3. The number of hydrogen-bond acceptors (Lipinski definition) is 0. The van der Waals surface area contributed by atoms with Crippen LogP contribution in [-0.4, -0.2) is 0 Å². The number of aryl methyl sites for hydroxylation is 1. The lowest BCUT2D eigenvalue weighted by Crippen LogP contribution is -1.93. The first-order valence-electron chi connectivity index (χ1n) is 17.8. The molecule has 0 aliphatic heterocycles. The second kappa shape index (κ2) is 9.72. The minimum Gasteiger partial charge on any atom is -0.0696 e. The van der Waals surface area contributed by atoms with E-state index in [4.69, 9.17) is 0 Å². The summed E-state index contributed by atoms with van der Waals surface area (Å²) in [6.45, 7) is 2.26. The molecule has 11 aromatic carbocycles. The van der Waals surface area contributed by atoms with Gasteiger partial charge in [0.2, 0.25) is 0 Å². The van der Waals surface area contributed by atoms with Gasteiger partial charge in [-0.15, -0.1) is 0 Å². The molecular weight excluding hydrogens is 613 g/mol. The Morgan fingerprint density at radius 3 is 1.65 bits per heavy atom. The van der Waals surface area contributed by atoms with Crippen LogP contribution in [0.5, 0.6) is 0 Å². The molecule has 0 saturated carbocycles. The Balaban J connectivity index is 1.42. The highest BCUT2D eigenvalue weighted by Crippen LogP contribution is 2.53. The summed E-state index contributed by atoms with van der Waals surface area (Å²) in [6, 6.07) is 50.3. The third-order valence-corrected chi connectivity index (χ3v) is 11.7. The second-order valence-electron chi connectivity index (χ2n) is 14.2. The van der Waals surface area contributed by atoms with E-state index in [1.807, 2.05) is 6.08 Å². The molecule has 0 N–H and O–H groups in total. The summed E-state index contributed by atoms with van der Waals surface area (Å²) in [6.07, 6.45) is 6.28. The zero-order chi connectivity index (χ0) is 33.4. The fraction of sp³-hybridized carbons (Fsp3) is 0.0196. The number of allylic oxidation sites excluding steroid dienone is 4. The Morgan fingerprint density at radius 2 is 0.941 bits per heavy atom. The van der Waals surface area contributed by atoms with Gasteiger partial charge in [-0.05, 0) is 157 Å². The summed E-state index contributed by atoms with van der Waals surface area (Å²) >= 11 is 0. The van der Waals surface area contributed by atoms with Crippen LogP contribution in [-0.2, 0) is 0 Å². The van der Waals surface area contributed by atoms with E-state index in [1.54, 1.807) is 0 Å². The first-order chi connectivity index (χ1) is 25.2. The molecule has 12 rings (SSSR count). The summed E-state index contributed by atoms with van der Waals surface area (Å²) in [5.41, 5.74) is 13.1. The highest BCUT2D eigenvalue weighted by Gasteiger charge is 2.26. The molecule has 0 aromatic heterocycles. The number of hydrogen-bond donors (Lipinski definition) is 0. The molecule has 0 saturated heterocycles. The molecule has 0 spiro atoms. The molecule has 232 valence electrons. The monoisotopic (exact) mass is 640 g/mol. The topological polar surface area (TPSA) is 0 Å². The van der Waals surface area contributed by atoms with Gasteiger partial charge in [-0.1, -0.05) is 127 Å². The van der Waals surface area contributed by atoms with Crippen LogP contribution in [0, 0.1) is 6.92 Å². The van der Waals surface area contributed by atoms with E-state index in [9.17, 15) is 0 Å². The smallest absolute Gasteiger partial charge is 0.0334 e. The van der Waals surface area contributed by atoms with Gasteiger partial charge in [0.1, 0.15) is 0 Å². The maximum atomic E-state index is 3.58. The van der Waals surface area contributed by atoms with Crippen LogP contribution >= 0.6 is 0 Å². The normalized spacial score (nSPS) is 13.2. The van der Waals surface area contributed by atoms with Gasteiger partial charge in [0.25, 0.3) is 0 Å². The van der Waals surface area contributed by atoms with Gasteiger partial charge in [-0.25, -0.2) is 0 Å². The van der Waals surface area contributed by atoms with E-state index in [2.05, 4.69) is 164 Å². The lowest BCUT2D eigenvalue weighted by atomic mass is 9.84. The van der Waals surface area contributed by atoms with Gasteiger partial charge >= 0.3 is 0 Å². The van der Waals surface area contributed by atoms with Gasteiger partial charge in [0, 0.05) is 11.1 Å². The molecule has 0 heterocycles. The molecule has 51 heavy (non-hydrogen) atoms. The predicted molar refractivity (Wildman–Crippen MR) is 221 cm³/mol. The average Bonchev–Trinajstić information content (AvgIpc) is 3.67. The van der Waals surface area contributed by atoms with Gasteiger partial charge in [-0.2, -0.15) is 0 Å². The van der Waals surface area contributed by atoms with Crippen molar-refractivity contribution < 1.29 is 0 Å². The van der Waals surface area contributed by atoms with Crippen LogP contribution < -0.4 is 0 Å². The Bertz CT molecular complexity index is 3480. The van der Waals surface area contributed by atoms with Crippen molar-refractivity contribution in [3.8, 4) is 11.1 Å². The zero-order valence-electron chi connectivity index (χ0n) is 27.9. The lowest BCUT2D eigenvalue weighted by molar-refractivity contribution is 1.48. The quantitative estimate of drug-likeness (QED) is 0.130. The number of rotatable bonds is 2. The third kappa shape index (κ3) is 3.45. The Morgan fingerprint density at radius 1 is 0.392 bits per heavy atom. The van der Waals surface area contributed by atoms with Crippen LogP contribution in [0.2, 0.25) is 0 Å². The van der Waals surface area contributed by atoms with Crippen LogP contribution in [0.4, 0.5) is 0 Å². The van der Waals surface area contributed by atoms with Crippen LogP contribution in [0.15, 0.2) is 163 Å². The molecule has 0 radical (unpaired) electrons. The van der Waals surface area contributed by atoms with E-state index in [1.165, 1.54) is 119 Å². The van der Waals surface area contributed by atoms with Gasteiger partial charge < -0.3 is 0 Å². The fourth-order valence-corrected chi connectivity index (χ4v) is 9.60. The van der Waals surface area contributed by atoms with Crippen LogP contribution in [0.1, 0.15) is 11.1 Å². The maximum Gasteiger partial charge on any atom is 0.0334 e. The summed E-state index contributed by atoms with van der Waals surface area (Å²) in [5, 5.41) is 23.5. The van der Waals surface area contributed by atoms with Gasteiger partial charge in [0.15, 0.2) is 0 Å². The average molecular weight is 641 g/mol. The number of fused-ring (bicyclic) bond motifs is 11. The summed E-state index contributed by atoms with van der Waals surface area (Å²) in [7, 11) is 0. The molecule has 1 aliphatic carbocycles. The van der Waals surface area contributed by atoms with E-state index >= 15 is 0 Å². The maximum absolute atomic E-state index is 3.58. The van der Waals surface area contributed by atoms with E-state index < -0.39 is 0 Å². The first-order valence-corrected chi connectivity index (χ1v) is 17.8. The van der Waals surface area contributed by atoms with Crippen molar-refractivity contribution in [1.82, 2.24) is 0 Å². The lowest BCUT2D eigenvalue weighted by Gasteiger charge is -2.18. The zero-order valence-corrected chi connectivity index (χ0v) is 27.9. The van der Waals surface area contributed by atoms with E-state index in [0.717, 1.165) is 5.57 Å². The van der Waals surface area contributed by atoms with Crippen molar-refractivity contribution >= 4 is 103 Å². The fourth-order valence-electron chi connectivity index (χ4n) is 9.60. The van der Waals surface area contributed by atoms with Crippen molar-refractivity contribution in [3.63, 3.8) is 0 Å².